The van der Waals surface area contributed by atoms with Crippen LogP contribution in [0.25, 0.3) is 10.8 Å². The van der Waals surface area contributed by atoms with Crippen LogP contribution >= 0.6 is 0 Å². The molecule has 0 radical (unpaired) electrons. The molecular weight excluding hydrogens is 304 g/mol. The highest BCUT2D eigenvalue weighted by Crippen LogP contribution is 2.24. The highest BCUT2D eigenvalue weighted by molar-refractivity contribution is 6.01. The maximum atomic E-state index is 12.2. The van der Waals surface area contributed by atoms with Gasteiger partial charge in [-0.3, -0.25) is 4.79 Å². The van der Waals surface area contributed by atoms with Crippen LogP contribution in [0.15, 0.2) is 65.8 Å². The SMILES string of the molecule is COc1cccc(/C=N\NC(=O)c2cc3ccccc3cc2O)c1. The van der Waals surface area contributed by atoms with Gasteiger partial charge in [0, 0.05) is 0 Å². The largest absolute Gasteiger partial charge is 0.507 e. The molecule has 24 heavy (non-hydrogen) atoms. The standard InChI is InChI=1S/C19H16N2O3/c1-24-16-8-4-5-13(9-16)12-20-21-19(23)17-10-14-6-2-3-7-15(14)11-18(17)22/h2-12,22H,1H3,(H,21,23)/b20-12-. The van der Waals surface area contributed by atoms with Crippen LogP contribution in [-0.4, -0.2) is 24.3 Å². The third kappa shape index (κ3) is 3.35. The lowest BCUT2D eigenvalue weighted by molar-refractivity contribution is 0.0952. The van der Waals surface area contributed by atoms with Crippen molar-refractivity contribution >= 4 is 22.9 Å². The number of phenols is 1. The minimum atomic E-state index is -0.475. The second kappa shape index (κ2) is 6.83. The second-order valence-corrected chi connectivity index (χ2v) is 5.19. The molecule has 120 valence electrons. The number of aromatic hydroxyl groups is 1. The quantitative estimate of drug-likeness (QED) is 0.572. The molecule has 2 N–H and O–H groups in total. The summed E-state index contributed by atoms with van der Waals surface area (Å²) in [7, 11) is 1.58. The van der Waals surface area contributed by atoms with E-state index in [1.807, 2.05) is 42.5 Å². The van der Waals surface area contributed by atoms with Crippen LogP contribution < -0.4 is 10.2 Å². The van der Waals surface area contributed by atoms with E-state index in [-0.39, 0.29) is 11.3 Å². The number of fused-ring (bicyclic) bond motifs is 1. The molecule has 3 aromatic carbocycles. The molecule has 5 heteroatoms. The fraction of sp³-hybridized carbons (Fsp3) is 0.0526. The molecule has 0 aliphatic heterocycles. The van der Waals surface area contributed by atoms with Crippen LogP contribution in [0.4, 0.5) is 0 Å². The van der Waals surface area contributed by atoms with Crippen LogP contribution in [0.1, 0.15) is 15.9 Å². The zero-order chi connectivity index (χ0) is 16.9. The van der Waals surface area contributed by atoms with Crippen LogP contribution in [0.5, 0.6) is 11.5 Å². The molecule has 3 aromatic rings. The summed E-state index contributed by atoms with van der Waals surface area (Å²) < 4.78 is 5.13. The highest BCUT2D eigenvalue weighted by Gasteiger charge is 2.11. The zero-order valence-corrected chi connectivity index (χ0v) is 13.1. The minimum absolute atomic E-state index is 0.0808. The summed E-state index contributed by atoms with van der Waals surface area (Å²) in [6, 6.07) is 18.0. The maximum absolute atomic E-state index is 12.2. The molecule has 0 unspecified atom stereocenters. The molecule has 0 aliphatic rings. The van der Waals surface area contributed by atoms with Crippen LogP contribution in [0.3, 0.4) is 0 Å². The van der Waals surface area contributed by atoms with E-state index in [0.717, 1.165) is 16.3 Å². The Bertz CT molecular complexity index is 919. The third-order valence-electron chi connectivity index (χ3n) is 3.58. The first-order chi connectivity index (χ1) is 11.7. The number of benzene rings is 3. The van der Waals surface area contributed by atoms with E-state index in [2.05, 4.69) is 10.5 Å². The Morgan fingerprint density at radius 2 is 1.83 bits per heavy atom. The summed E-state index contributed by atoms with van der Waals surface area (Å²) in [6.07, 6.45) is 1.51. The van der Waals surface area contributed by atoms with Crippen molar-refractivity contribution < 1.29 is 14.6 Å². The molecule has 0 spiro atoms. The number of carbonyl (C=O) groups is 1. The van der Waals surface area contributed by atoms with Crippen molar-refractivity contribution in [1.82, 2.24) is 5.43 Å². The van der Waals surface area contributed by atoms with Crippen molar-refractivity contribution in [2.24, 2.45) is 5.10 Å². The van der Waals surface area contributed by atoms with Crippen molar-refractivity contribution in [3.8, 4) is 11.5 Å². The van der Waals surface area contributed by atoms with E-state index in [9.17, 15) is 9.90 Å². The molecule has 0 fully saturated rings. The predicted molar refractivity (Wildman–Crippen MR) is 93.7 cm³/mol. The monoisotopic (exact) mass is 320 g/mol. The second-order valence-electron chi connectivity index (χ2n) is 5.19. The smallest absolute Gasteiger partial charge is 0.275 e. The number of hydrogen-bond acceptors (Lipinski definition) is 4. The van der Waals surface area contributed by atoms with Gasteiger partial charge in [0.2, 0.25) is 0 Å². The number of phenolic OH excluding ortho intramolecular Hbond substituents is 1. The van der Waals surface area contributed by atoms with Gasteiger partial charge in [0.25, 0.3) is 5.91 Å². The minimum Gasteiger partial charge on any atom is -0.507 e. The number of amides is 1. The van der Waals surface area contributed by atoms with Gasteiger partial charge in [-0.05, 0) is 40.6 Å². The number of carbonyl (C=O) groups excluding carboxylic acids is 1. The van der Waals surface area contributed by atoms with Gasteiger partial charge in [-0.2, -0.15) is 5.10 Å². The Morgan fingerprint density at radius 3 is 2.58 bits per heavy atom. The number of nitrogens with zero attached hydrogens (tertiary/aromatic N) is 1. The number of methoxy groups -OCH3 is 1. The van der Waals surface area contributed by atoms with E-state index in [0.29, 0.717) is 5.75 Å². The Hall–Kier alpha value is -3.34. The number of hydrogen-bond donors (Lipinski definition) is 2. The number of nitrogens with one attached hydrogen (secondary N) is 1. The van der Waals surface area contributed by atoms with Gasteiger partial charge >= 0.3 is 0 Å². The summed E-state index contributed by atoms with van der Waals surface area (Å²) in [5.74, 6) is 0.151. The maximum Gasteiger partial charge on any atom is 0.275 e. The third-order valence-corrected chi connectivity index (χ3v) is 3.58. The van der Waals surface area contributed by atoms with Gasteiger partial charge in [-0.15, -0.1) is 0 Å². The van der Waals surface area contributed by atoms with E-state index in [1.165, 1.54) is 6.21 Å². The number of hydrazone groups is 1. The molecule has 0 saturated carbocycles. The molecule has 0 saturated heterocycles. The van der Waals surface area contributed by atoms with Crippen molar-refractivity contribution in [3.63, 3.8) is 0 Å². The first kappa shape index (κ1) is 15.6. The predicted octanol–water partition coefficient (Wildman–Crippen LogP) is 3.32. The van der Waals surface area contributed by atoms with Crippen molar-refractivity contribution in [1.29, 1.82) is 0 Å². The molecule has 0 aromatic heterocycles. The lowest BCUT2D eigenvalue weighted by Crippen LogP contribution is -2.17. The van der Waals surface area contributed by atoms with Crippen LogP contribution in [0, 0.1) is 0 Å². The topological polar surface area (TPSA) is 70.9 Å². The van der Waals surface area contributed by atoms with Gasteiger partial charge in [-0.1, -0.05) is 36.4 Å². The van der Waals surface area contributed by atoms with E-state index >= 15 is 0 Å². The first-order valence-corrected chi connectivity index (χ1v) is 7.36. The van der Waals surface area contributed by atoms with E-state index in [4.69, 9.17) is 4.74 Å². The number of ether oxygens (including phenoxy) is 1. The fourth-order valence-electron chi connectivity index (χ4n) is 2.36. The average Bonchev–Trinajstić information content (AvgIpc) is 2.61. The Balaban J connectivity index is 1.77. The van der Waals surface area contributed by atoms with Gasteiger partial charge in [-0.25, -0.2) is 5.43 Å². The summed E-state index contributed by atoms with van der Waals surface area (Å²) in [4.78, 5) is 12.2. The van der Waals surface area contributed by atoms with Crippen LogP contribution in [-0.2, 0) is 0 Å². The number of rotatable bonds is 4. The summed E-state index contributed by atoms with van der Waals surface area (Å²) in [5, 5.41) is 15.7. The highest BCUT2D eigenvalue weighted by atomic mass is 16.5. The van der Waals surface area contributed by atoms with Crippen LogP contribution in [0.2, 0.25) is 0 Å². The van der Waals surface area contributed by atoms with E-state index < -0.39 is 5.91 Å². The first-order valence-electron chi connectivity index (χ1n) is 7.36. The molecule has 0 heterocycles. The van der Waals surface area contributed by atoms with Gasteiger partial charge in [0.05, 0.1) is 18.9 Å². The molecule has 3 rings (SSSR count). The summed E-state index contributed by atoms with van der Waals surface area (Å²) >= 11 is 0. The van der Waals surface area contributed by atoms with Crippen molar-refractivity contribution in [2.75, 3.05) is 7.11 Å². The normalized spacial score (nSPS) is 10.9. The Labute approximate surface area is 139 Å². The molecule has 1 amide bonds. The van der Waals surface area contributed by atoms with Gasteiger partial charge in [0.1, 0.15) is 11.5 Å². The molecule has 0 bridgehead atoms. The average molecular weight is 320 g/mol. The fourth-order valence-corrected chi connectivity index (χ4v) is 2.36. The lowest BCUT2D eigenvalue weighted by Gasteiger charge is -2.05. The van der Waals surface area contributed by atoms with Gasteiger partial charge < -0.3 is 9.84 Å². The molecule has 0 aliphatic carbocycles. The van der Waals surface area contributed by atoms with Crippen molar-refractivity contribution in [3.05, 3.63) is 71.8 Å². The van der Waals surface area contributed by atoms with Crippen molar-refractivity contribution in [2.45, 2.75) is 0 Å². The zero-order valence-electron chi connectivity index (χ0n) is 13.1. The lowest BCUT2D eigenvalue weighted by atomic mass is 10.1. The summed E-state index contributed by atoms with van der Waals surface area (Å²) in [5.41, 5.74) is 3.39. The molecule has 0 atom stereocenters. The molecule has 5 nitrogen and oxygen atoms in total. The van der Waals surface area contributed by atoms with E-state index in [1.54, 1.807) is 25.3 Å². The Kier molecular flexibility index (Phi) is 4.43. The summed E-state index contributed by atoms with van der Waals surface area (Å²) in [6.45, 7) is 0. The molecular formula is C19H16N2O3. The Morgan fingerprint density at radius 1 is 1.08 bits per heavy atom. The van der Waals surface area contributed by atoms with Gasteiger partial charge in [0.15, 0.2) is 0 Å².